The summed E-state index contributed by atoms with van der Waals surface area (Å²) in [6.07, 6.45) is -0.0616. The molecule has 0 radical (unpaired) electrons. The van der Waals surface area contributed by atoms with Crippen LogP contribution in [0, 0.1) is 0 Å². The smallest absolute Gasteiger partial charge is 0.303 e. The molecule has 0 bridgehead atoms. The summed E-state index contributed by atoms with van der Waals surface area (Å²) >= 11 is 11.9. The van der Waals surface area contributed by atoms with Gasteiger partial charge in [-0.3, -0.25) is 9.59 Å². The van der Waals surface area contributed by atoms with Crippen molar-refractivity contribution in [3.8, 4) is 0 Å². The summed E-state index contributed by atoms with van der Waals surface area (Å²) in [5, 5.41) is 9.62. The number of nitrogens with zero attached hydrogens (tertiary/aromatic N) is 2. The Kier molecular flexibility index (Phi) is 5.31. The highest BCUT2D eigenvalue weighted by Gasteiger charge is 2.21. The van der Waals surface area contributed by atoms with Crippen molar-refractivity contribution in [3.05, 3.63) is 28.2 Å². The van der Waals surface area contributed by atoms with E-state index >= 15 is 0 Å². The molecule has 0 unspecified atom stereocenters. The van der Waals surface area contributed by atoms with Gasteiger partial charge in [-0.25, -0.2) is 0 Å². The van der Waals surface area contributed by atoms with Crippen LogP contribution in [0.2, 0.25) is 10.0 Å². The van der Waals surface area contributed by atoms with Crippen LogP contribution in [-0.4, -0.2) is 48.1 Å². The average molecular weight is 331 g/mol. The molecule has 21 heavy (non-hydrogen) atoms. The van der Waals surface area contributed by atoms with Crippen LogP contribution < -0.4 is 4.90 Å². The molecule has 1 aliphatic rings. The van der Waals surface area contributed by atoms with E-state index in [1.165, 1.54) is 0 Å². The van der Waals surface area contributed by atoms with Crippen molar-refractivity contribution in [1.29, 1.82) is 0 Å². The Hall–Kier alpha value is -1.46. The zero-order valence-electron chi connectivity index (χ0n) is 11.4. The van der Waals surface area contributed by atoms with Crippen molar-refractivity contribution >= 4 is 40.8 Å². The molecule has 1 aromatic carbocycles. The maximum Gasteiger partial charge on any atom is 0.303 e. The lowest BCUT2D eigenvalue weighted by molar-refractivity contribution is -0.141. The summed E-state index contributed by atoms with van der Waals surface area (Å²) in [7, 11) is 0. The van der Waals surface area contributed by atoms with Gasteiger partial charge in [-0.1, -0.05) is 23.2 Å². The van der Waals surface area contributed by atoms with Crippen LogP contribution in [0.25, 0.3) is 0 Å². The molecule has 1 aromatic rings. The van der Waals surface area contributed by atoms with Crippen LogP contribution in [0.3, 0.4) is 0 Å². The van der Waals surface area contributed by atoms with Gasteiger partial charge in [0.15, 0.2) is 0 Å². The Morgan fingerprint density at radius 1 is 1.05 bits per heavy atom. The van der Waals surface area contributed by atoms with E-state index in [4.69, 9.17) is 28.3 Å². The number of rotatable bonds is 4. The molecule has 0 spiro atoms. The van der Waals surface area contributed by atoms with E-state index in [2.05, 4.69) is 4.90 Å². The first kappa shape index (κ1) is 15.9. The van der Waals surface area contributed by atoms with E-state index in [0.717, 1.165) is 5.69 Å². The number of aliphatic carboxylic acids is 1. The maximum absolute atomic E-state index is 11.9. The number of carbonyl (C=O) groups is 2. The van der Waals surface area contributed by atoms with Crippen molar-refractivity contribution in [2.24, 2.45) is 0 Å². The molecule has 2 rings (SSSR count). The Balaban J connectivity index is 1.89. The van der Waals surface area contributed by atoms with E-state index in [-0.39, 0.29) is 18.7 Å². The third kappa shape index (κ3) is 4.25. The predicted octanol–water partition coefficient (Wildman–Crippen LogP) is 2.51. The number of hydrogen-bond acceptors (Lipinski definition) is 3. The molecule has 5 nitrogen and oxygen atoms in total. The molecule has 1 amide bonds. The molecular weight excluding hydrogens is 315 g/mol. The molecule has 1 heterocycles. The summed E-state index contributed by atoms with van der Waals surface area (Å²) < 4.78 is 0. The van der Waals surface area contributed by atoms with E-state index < -0.39 is 5.97 Å². The molecule has 1 saturated heterocycles. The normalized spacial score (nSPS) is 15.1. The van der Waals surface area contributed by atoms with Crippen LogP contribution in [0.15, 0.2) is 18.2 Å². The number of hydrogen-bond donors (Lipinski definition) is 1. The summed E-state index contributed by atoms with van der Waals surface area (Å²) in [5.74, 6) is -1.05. The molecule has 114 valence electrons. The first-order chi connectivity index (χ1) is 9.97. The number of piperazine rings is 1. The molecule has 0 saturated carbocycles. The molecule has 1 N–H and O–H groups in total. The third-order valence-electron chi connectivity index (χ3n) is 3.45. The van der Waals surface area contributed by atoms with Gasteiger partial charge in [0.2, 0.25) is 5.91 Å². The summed E-state index contributed by atoms with van der Waals surface area (Å²) in [6.45, 7) is 2.55. The molecule has 0 atom stereocenters. The maximum atomic E-state index is 11.9. The van der Waals surface area contributed by atoms with Gasteiger partial charge < -0.3 is 14.9 Å². The van der Waals surface area contributed by atoms with E-state index in [1.54, 1.807) is 11.0 Å². The van der Waals surface area contributed by atoms with Gasteiger partial charge >= 0.3 is 5.97 Å². The zero-order valence-corrected chi connectivity index (χ0v) is 12.9. The Morgan fingerprint density at radius 2 is 1.71 bits per heavy atom. The van der Waals surface area contributed by atoms with Gasteiger partial charge in [0.25, 0.3) is 0 Å². The molecule has 0 aliphatic carbocycles. The lowest BCUT2D eigenvalue weighted by Crippen LogP contribution is -2.48. The van der Waals surface area contributed by atoms with Crippen molar-refractivity contribution in [2.45, 2.75) is 12.8 Å². The number of anilines is 1. The number of benzene rings is 1. The van der Waals surface area contributed by atoms with Gasteiger partial charge in [0.05, 0.1) is 16.5 Å². The minimum Gasteiger partial charge on any atom is -0.481 e. The quantitative estimate of drug-likeness (QED) is 0.921. The molecule has 1 fully saturated rings. The molecular formula is C14H16Cl2N2O3. The van der Waals surface area contributed by atoms with E-state index in [0.29, 0.717) is 36.2 Å². The lowest BCUT2D eigenvalue weighted by Gasteiger charge is -2.36. The summed E-state index contributed by atoms with van der Waals surface area (Å²) in [5.41, 5.74) is 0.974. The van der Waals surface area contributed by atoms with Crippen LogP contribution in [0.5, 0.6) is 0 Å². The SMILES string of the molecule is O=C(O)CCC(=O)N1CCN(c2ccc(Cl)c(Cl)c2)CC1. The van der Waals surface area contributed by atoms with E-state index in [9.17, 15) is 9.59 Å². The standard InChI is InChI=1S/C14H16Cl2N2O3/c15-11-2-1-10(9-12(11)16)17-5-7-18(8-6-17)13(19)3-4-14(20)21/h1-2,9H,3-8H2,(H,20,21). The first-order valence-corrected chi connectivity index (χ1v) is 7.42. The van der Waals surface area contributed by atoms with Crippen molar-refractivity contribution in [3.63, 3.8) is 0 Å². The third-order valence-corrected chi connectivity index (χ3v) is 4.19. The minimum absolute atomic E-state index is 0.0576. The van der Waals surface area contributed by atoms with Crippen molar-refractivity contribution in [1.82, 2.24) is 4.90 Å². The number of halogens is 2. The Bertz CT molecular complexity index is 543. The Morgan fingerprint density at radius 3 is 2.29 bits per heavy atom. The highest BCUT2D eigenvalue weighted by molar-refractivity contribution is 6.42. The second-order valence-electron chi connectivity index (χ2n) is 4.86. The second kappa shape index (κ2) is 7.00. The number of amides is 1. The van der Waals surface area contributed by atoms with Gasteiger partial charge in [0.1, 0.15) is 0 Å². The summed E-state index contributed by atoms with van der Waals surface area (Å²) in [6, 6.07) is 5.46. The van der Waals surface area contributed by atoms with Crippen LogP contribution in [0.4, 0.5) is 5.69 Å². The van der Waals surface area contributed by atoms with Crippen LogP contribution in [-0.2, 0) is 9.59 Å². The average Bonchev–Trinajstić information content (AvgIpc) is 2.48. The highest BCUT2D eigenvalue weighted by atomic mass is 35.5. The number of carboxylic acid groups (broad SMARTS) is 1. The molecule has 1 aliphatic heterocycles. The fraction of sp³-hybridized carbons (Fsp3) is 0.429. The monoisotopic (exact) mass is 330 g/mol. The summed E-state index contributed by atoms with van der Waals surface area (Å²) in [4.78, 5) is 26.2. The highest BCUT2D eigenvalue weighted by Crippen LogP contribution is 2.27. The fourth-order valence-electron chi connectivity index (χ4n) is 2.27. The van der Waals surface area contributed by atoms with Gasteiger partial charge in [0, 0.05) is 38.3 Å². The van der Waals surface area contributed by atoms with Gasteiger partial charge in [-0.2, -0.15) is 0 Å². The van der Waals surface area contributed by atoms with Crippen LogP contribution >= 0.6 is 23.2 Å². The fourth-order valence-corrected chi connectivity index (χ4v) is 2.56. The molecule has 0 aromatic heterocycles. The zero-order chi connectivity index (χ0) is 15.4. The first-order valence-electron chi connectivity index (χ1n) is 6.67. The molecule has 7 heteroatoms. The van der Waals surface area contributed by atoms with Crippen molar-refractivity contribution in [2.75, 3.05) is 31.1 Å². The van der Waals surface area contributed by atoms with Crippen molar-refractivity contribution < 1.29 is 14.7 Å². The predicted molar refractivity (Wildman–Crippen MR) is 82.1 cm³/mol. The number of carbonyl (C=O) groups excluding carboxylic acids is 1. The lowest BCUT2D eigenvalue weighted by atomic mass is 10.2. The minimum atomic E-state index is -0.946. The second-order valence-corrected chi connectivity index (χ2v) is 5.67. The Labute approximate surface area is 133 Å². The topological polar surface area (TPSA) is 60.9 Å². The largest absolute Gasteiger partial charge is 0.481 e. The van der Waals surface area contributed by atoms with Gasteiger partial charge in [-0.15, -0.1) is 0 Å². The van der Waals surface area contributed by atoms with Gasteiger partial charge in [-0.05, 0) is 18.2 Å². The number of carboxylic acids is 1. The van der Waals surface area contributed by atoms with Crippen LogP contribution in [0.1, 0.15) is 12.8 Å². The van der Waals surface area contributed by atoms with E-state index in [1.807, 2.05) is 12.1 Å².